The molecule has 1 saturated heterocycles. The number of rotatable bonds is 5. The van der Waals surface area contributed by atoms with Gasteiger partial charge < -0.3 is 14.5 Å². The maximum atomic E-state index is 13.5. The van der Waals surface area contributed by atoms with Crippen LogP contribution in [0.2, 0.25) is 0 Å². The smallest absolute Gasteiger partial charge is 0.272 e. The lowest BCUT2D eigenvalue weighted by molar-refractivity contribution is 0.0738. The third-order valence-electron chi connectivity index (χ3n) is 6.01. The molecule has 0 unspecified atom stereocenters. The Morgan fingerprint density at radius 1 is 1.07 bits per heavy atom. The number of ether oxygens (including phenoxy) is 1. The zero-order valence-electron chi connectivity index (χ0n) is 18.3. The second-order valence-electron chi connectivity index (χ2n) is 7.76. The Bertz CT molecular complexity index is 1060. The highest BCUT2D eigenvalue weighted by Gasteiger charge is 2.28. The first-order chi connectivity index (χ1) is 14.5. The van der Waals surface area contributed by atoms with Gasteiger partial charge in [0.2, 0.25) is 0 Å². The number of aromatic nitrogens is 2. The van der Waals surface area contributed by atoms with Gasteiger partial charge in [0.05, 0.1) is 12.3 Å². The van der Waals surface area contributed by atoms with Crippen molar-refractivity contribution < 1.29 is 9.53 Å². The molecule has 3 heterocycles. The SMILES string of the molecule is CCOc1cccn2c(C(=O)N3CCN(c4cccc(C)c4C)CC3)c(CC)nc12. The first-order valence-electron chi connectivity index (χ1n) is 10.8. The minimum Gasteiger partial charge on any atom is -0.490 e. The fourth-order valence-electron chi connectivity index (χ4n) is 4.21. The van der Waals surface area contributed by atoms with Crippen LogP contribution < -0.4 is 9.64 Å². The van der Waals surface area contributed by atoms with Crippen LogP contribution in [0.5, 0.6) is 5.75 Å². The van der Waals surface area contributed by atoms with Gasteiger partial charge in [0.25, 0.3) is 5.91 Å². The van der Waals surface area contributed by atoms with Gasteiger partial charge in [-0.2, -0.15) is 0 Å². The average molecular weight is 407 g/mol. The van der Waals surface area contributed by atoms with Crippen molar-refractivity contribution in [1.29, 1.82) is 0 Å². The molecule has 1 aliphatic heterocycles. The van der Waals surface area contributed by atoms with Crippen LogP contribution in [-0.2, 0) is 6.42 Å². The summed E-state index contributed by atoms with van der Waals surface area (Å²) in [5.74, 6) is 0.766. The zero-order valence-corrected chi connectivity index (χ0v) is 18.3. The quantitative estimate of drug-likeness (QED) is 0.645. The molecule has 3 aromatic rings. The van der Waals surface area contributed by atoms with E-state index in [1.807, 2.05) is 41.5 Å². The third kappa shape index (κ3) is 3.51. The fraction of sp³-hybridized carbons (Fsp3) is 0.417. The number of carbonyl (C=O) groups is 1. The van der Waals surface area contributed by atoms with Crippen LogP contribution >= 0.6 is 0 Å². The topological polar surface area (TPSA) is 50.1 Å². The predicted molar refractivity (Wildman–Crippen MR) is 120 cm³/mol. The number of imidazole rings is 1. The molecular weight excluding hydrogens is 376 g/mol. The molecule has 6 heteroatoms. The molecular formula is C24H30N4O2. The van der Waals surface area contributed by atoms with E-state index in [9.17, 15) is 4.79 Å². The Morgan fingerprint density at radius 2 is 1.83 bits per heavy atom. The molecule has 4 rings (SSSR count). The molecule has 1 fully saturated rings. The summed E-state index contributed by atoms with van der Waals surface area (Å²) in [5, 5.41) is 0. The van der Waals surface area contributed by atoms with Gasteiger partial charge in [-0.05, 0) is 56.5 Å². The highest BCUT2D eigenvalue weighted by molar-refractivity contribution is 5.95. The number of nitrogens with zero attached hydrogens (tertiary/aromatic N) is 4. The standard InChI is InChI=1S/C24H30N4O2/c1-5-19-22(28-12-8-11-21(30-6-2)23(28)25-19)24(29)27-15-13-26(14-16-27)20-10-7-9-17(3)18(20)4/h7-12H,5-6,13-16H2,1-4H3. The molecule has 0 spiro atoms. The number of benzene rings is 1. The van der Waals surface area contributed by atoms with Crippen molar-refractivity contribution in [2.75, 3.05) is 37.7 Å². The second kappa shape index (κ2) is 8.38. The first kappa shape index (κ1) is 20.3. The molecule has 1 aromatic carbocycles. The normalized spacial score (nSPS) is 14.4. The van der Waals surface area contributed by atoms with Crippen LogP contribution in [0.3, 0.4) is 0 Å². The maximum absolute atomic E-state index is 13.5. The third-order valence-corrected chi connectivity index (χ3v) is 6.01. The van der Waals surface area contributed by atoms with E-state index < -0.39 is 0 Å². The Hall–Kier alpha value is -3.02. The van der Waals surface area contributed by atoms with Crippen molar-refractivity contribution >= 4 is 17.2 Å². The summed E-state index contributed by atoms with van der Waals surface area (Å²) in [6.07, 6.45) is 2.61. The summed E-state index contributed by atoms with van der Waals surface area (Å²) in [6.45, 7) is 11.9. The molecule has 0 bridgehead atoms. The molecule has 0 aliphatic carbocycles. The Morgan fingerprint density at radius 3 is 2.53 bits per heavy atom. The molecule has 30 heavy (non-hydrogen) atoms. The van der Waals surface area contributed by atoms with Crippen LogP contribution in [0, 0.1) is 13.8 Å². The van der Waals surface area contributed by atoms with Crippen molar-refractivity contribution in [3.63, 3.8) is 0 Å². The van der Waals surface area contributed by atoms with E-state index >= 15 is 0 Å². The predicted octanol–water partition coefficient (Wildman–Crippen LogP) is 3.87. The second-order valence-corrected chi connectivity index (χ2v) is 7.76. The molecule has 2 aromatic heterocycles. The van der Waals surface area contributed by atoms with Crippen LogP contribution in [0.25, 0.3) is 5.65 Å². The van der Waals surface area contributed by atoms with Gasteiger partial charge in [0.1, 0.15) is 5.69 Å². The summed E-state index contributed by atoms with van der Waals surface area (Å²) in [4.78, 5) is 22.6. The molecule has 1 amide bonds. The fourth-order valence-corrected chi connectivity index (χ4v) is 4.21. The lowest BCUT2D eigenvalue weighted by Crippen LogP contribution is -2.49. The number of amides is 1. The number of hydrogen-bond acceptors (Lipinski definition) is 4. The summed E-state index contributed by atoms with van der Waals surface area (Å²) < 4.78 is 7.62. The molecule has 0 N–H and O–H groups in total. The minimum absolute atomic E-state index is 0.0496. The first-order valence-corrected chi connectivity index (χ1v) is 10.8. The summed E-state index contributed by atoms with van der Waals surface area (Å²) >= 11 is 0. The Labute approximate surface area is 178 Å². The monoisotopic (exact) mass is 406 g/mol. The lowest BCUT2D eigenvalue weighted by atomic mass is 10.1. The summed E-state index contributed by atoms with van der Waals surface area (Å²) in [6, 6.07) is 10.2. The maximum Gasteiger partial charge on any atom is 0.272 e. The zero-order chi connectivity index (χ0) is 21.3. The van der Waals surface area contributed by atoms with Gasteiger partial charge >= 0.3 is 0 Å². The van der Waals surface area contributed by atoms with Gasteiger partial charge in [-0.15, -0.1) is 0 Å². The van der Waals surface area contributed by atoms with E-state index in [2.05, 4.69) is 36.9 Å². The van der Waals surface area contributed by atoms with Crippen molar-refractivity contribution in [3.8, 4) is 5.75 Å². The van der Waals surface area contributed by atoms with Crippen molar-refractivity contribution in [1.82, 2.24) is 14.3 Å². The molecule has 0 atom stereocenters. The Kier molecular flexibility index (Phi) is 5.66. The van der Waals surface area contributed by atoms with Crippen LogP contribution in [0.1, 0.15) is 41.2 Å². The largest absolute Gasteiger partial charge is 0.490 e. The van der Waals surface area contributed by atoms with Gasteiger partial charge in [0, 0.05) is 38.1 Å². The molecule has 0 radical (unpaired) electrons. The number of anilines is 1. The molecule has 158 valence electrons. The van der Waals surface area contributed by atoms with Crippen LogP contribution in [-0.4, -0.2) is 53.0 Å². The number of piperazine rings is 1. The number of fused-ring (bicyclic) bond motifs is 1. The van der Waals surface area contributed by atoms with Crippen molar-refractivity contribution in [3.05, 3.63) is 59.0 Å². The van der Waals surface area contributed by atoms with Gasteiger partial charge in [-0.1, -0.05) is 19.1 Å². The Balaban J connectivity index is 1.58. The average Bonchev–Trinajstić information content (AvgIpc) is 3.15. The molecule has 1 aliphatic rings. The van der Waals surface area contributed by atoms with Gasteiger partial charge in [-0.25, -0.2) is 4.98 Å². The van der Waals surface area contributed by atoms with E-state index in [1.54, 1.807) is 0 Å². The number of pyridine rings is 1. The van der Waals surface area contributed by atoms with Crippen LogP contribution in [0.4, 0.5) is 5.69 Å². The van der Waals surface area contributed by atoms with Crippen LogP contribution in [0.15, 0.2) is 36.5 Å². The van der Waals surface area contributed by atoms with E-state index in [0.717, 1.165) is 18.8 Å². The molecule has 0 saturated carbocycles. The van der Waals surface area contributed by atoms with E-state index in [0.29, 0.717) is 43.2 Å². The molecule has 6 nitrogen and oxygen atoms in total. The number of hydrogen-bond donors (Lipinski definition) is 0. The lowest BCUT2D eigenvalue weighted by Gasteiger charge is -2.37. The summed E-state index contributed by atoms with van der Waals surface area (Å²) in [5.41, 5.74) is 6.09. The highest BCUT2D eigenvalue weighted by atomic mass is 16.5. The van der Waals surface area contributed by atoms with Gasteiger partial charge in [0.15, 0.2) is 11.4 Å². The minimum atomic E-state index is 0.0496. The highest BCUT2D eigenvalue weighted by Crippen LogP contribution is 2.26. The van der Waals surface area contributed by atoms with Gasteiger partial charge in [-0.3, -0.25) is 9.20 Å². The van der Waals surface area contributed by atoms with Crippen molar-refractivity contribution in [2.24, 2.45) is 0 Å². The van der Waals surface area contributed by atoms with Crippen molar-refractivity contribution in [2.45, 2.75) is 34.1 Å². The van der Waals surface area contributed by atoms with E-state index in [-0.39, 0.29) is 5.91 Å². The van der Waals surface area contributed by atoms with E-state index in [4.69, 9.17) is 9.72 Å². The summed E-state index contributed by atoms with van der Waals surface area (Å²) in [7, 11) is 0. The number of aryl methyl sites for hydroxylation is 2. The number of carbonyl (C=O) groups excluding carboxylic acids is 1. The van der Waals surface area contributed by atoms with E-state index in [1.165, 1.54) is 16.8 Å².